The molecule has 2 heterocycles. The zero-order valence-electron chi connectivity index (χ0n) is 17.2. The Kier molecular flexibility index (Phi) is 6.12. The topological polar surface area (TPSA) is 97.6 Å². The van der Waals surface area contributed by atoms with Crippen molar-refractivity contribution in [1.82, 2.24) is 14.7 Å². The molecule has 2 amide bonds. The summed E-state index contributed by atoms with van der Waals surface area (Å²) in [6.07, 6.45) is 4.74. The number of primary amides is 1. The minimum absolute atomic E-state index is 0.0105. The molecular weight excluding hydrogens is 460 g/mol. The fourth-order valence-electron chi connectivity index (χ4n) is 4.06. The van der Waals surface area contributed by atoms with E-state index in [1.54, 1.807) is 10.9 Å². The van der Waals surface area contributed by atoms with E-state index in [9.17, 15) is 9.59 Å². The number of amides is 2. The number of hydrogen-bond donors (Lipinski definition) is 2. The van der Waals surface area contributed by atoms with E-state index in [1.165, 1.54) is 5.56 Å². The molecule has 1 saturated heterocycles. The van der Waals surface area contributed by atoms with Gasteiger partial charge in [-0.05, 0) is 37.3 Å². The highest BCUT2D eigenvalue weighted by molar-refractivity contribution is 9.10. The third-order valence-electron chi connectivity index (χ3n) is 6.17. The standard InChI is InChI=1S/C22H25BrN6O2/c1-25-14-22(8-10-28(11-9-22)12-16-4-2-3-5-18(16)23)29-13-17(19(24)30)20(27-29)26-21(31)15-6-7-15/h2-5,13,15H,6-12,14H2,(H2,24,30)(H,26,27,31). The van der Waals surface area contributed by atoms with Crippen molar-refractivity contribution in [3.63, 3.8) is 0 Å². The molecule has 162 valence electrons. The van der Waals surface area contributed by atoms with Gasteiger partial charge in [-0.1, -0.05) is 34.1 Å². The van der Waals surface area contributed by atoms with Crippen LogP contribution in [0.1, 0.15) is 41.6 Å². The summed E-state index contributed by atoms with van der Waals surface area (Å²) in [5.74, 6) is -0.579. The van der Waals surface area contributed by atoms with Crippen LogP contribution in [0.2, 0.25) is 0 Å². The second kappa shape index (κ2) is 8.81. The molecule has 2 aromatic rings. The number of nitrogens with one attached hydrogen (secondary N) is 1. The highest BCUT2D eigenvalue weighted by Crippen LogP contribution is 2.34. The van der Waals surface area contributed by atoms with Crippen LogP contribution in [0.15, 0.2) is 34.9 Å². The van der Waals surface area contributed by atoms with Crippen molar-refractivity contribution in [2.45, 2.75) is 37.8 Å². The monoisotopic (exact) mass is 484 g/mol. The predicted molar refractivity (Wildman–Crippen MR) is 120 cm³/mol. The largest absolute Gasteiger partial charge is 0.365 e. The number of hydrogen-bond acceptors (Lipinski definition) is 4. The Morgan fingerprint density at radius 2 is 2.00 bits per heavy atom. The first kappa shape index (κ1) is 21.5. The van der Waals surface area contributed by atoms with Gasteiger partial charge in [0, 0.05) is 36.2 Å². The lowest BCUT2D eigenvalue weighted by atomic mass is 9.87. The number of halogens is 1. The minimum atomic E-state index is -0.637. The second-order valence-electron chi connectivity index (χ2n) is 8.37. The fourth-order valence-corrected chi connectivity index (χ4v) is 4.47. The molecule has 0 atom stereocenters. The number of piperidine rings is 1. The van der Waals surface area contributed by atoms with Gasteiger partial charge in [-0.2, -0.15) is 5.10 Å². The Balaban J connectivity index is 1.53. The molecule has 4 rings (SSSR count). The van der Waals surface area contributed by atoms with E-state index in [0.717, 1.165) is 49.8 Å². The van der Waals surface area contributed by atoms with Crippen LogP contribution in [0.25, 0.3) is 4.85 Å². The summed E-state index contributed by atoms with van der Waals surface area (Å²) in [6, 6.07) is 8.17. The van der Waals surface area contributed by atoms with Crippen LogP contribution in [0.4, 0.5) is 5.82 Å². The van der Waals surface area contributed by atoms with Crippen molar-refractivity contribution in [2.24, 2.45) is 11.7 Å². The maximum atomic E-state index is 12.2. The summed E-state index contributed by atoms with van der Waals surface area (Å²) in [5.41, 5.74) is 6.43. The summed E-state index contributed by atoms with van der Waals surface area (Å²) in [6.45, 7) is 10.2. The molecule has 0 bridgehead atoms. The lowest BCUT2D eigenvalue weighted by Gasteiger charge is -2.39. The van der Waals surface area contributed by atoms with Gasteiger partial charge in [0.25, 0.3) is 5.91 Å². The molecule has 1 aliphatic heterocycles. The minimum Gasteiger partial charge on any atom is -0.365 e. The molecule has 2 aliphatic rings. The smallest absolute Gasteiger partial charge is 0.254 e. The molecule has 1 aliphatic carbocycles. The molecular formula is C22H25BrN6O2. The van der Waals surface area contributed by atoms with Crippen LogP contribution < -0.4 is 11.1 Å². The van der Waals surface area contributed by atoms with Crippen molar-refractivity contribution in [1.29, 1.82) is 0 Å². The molecule has 0 spiro atoms. The van der Waals surface area contributed by atoms with Crippen molar-refractivity contribution in [3.05, 3.63) is 57.5 Å². The summed E-state index contributed by atoms with van der Waals surface area (Å²) in [4.78, 5) is 30.2. The lowest BCUT2D eigenvalue weighted by Crippen LogP contribution is -2.48. The van der Waals surface area contributed by atoms with Gasteiger partial charge in [0.05, 0.1) is 0 Å². The maximum absolute atomic E-state index is 12.2. The van der Waals surface area contributed by atoms with E-state index >= 15 is 0 Å². The van der Waals surface area contributed by atoms with Gasteiger partial charge >= 0.3 is 0 Å². The molecule has 0 radical (unpaired) electrons. The number of likely N-dealkylation sites (tertiary alicyclic amines) is 1. The molecule has 8 nitrogen and oxygen atoms in total. The number of anilines is 1. The Hall–Kier alpha value is -2.70. The summed E-state index contributed by atoms with van der Waals surface area (Å²) in [7, 11) is 0. The van der Waals surface area contributed by atoms with Gasteiger partial charge in [-0.3, -0.25) is 19.2 Å². The van der Waals surface area contributed by atoms with Crippen molar-refractivity contribution >= 4 is 33.6 Å². The van der Waals surface area contributed by atoms with Gasteiger partial charge in [0.1, 0.15) is 11.1 Å². The van der Waals surface area contributed by atoms with Crippen LogP contribution >= 0.6 is 15.9 Å². The Morgan fingerprint density at radius 1 is 1.29 bits per heavy atom. The highest BCUT2D eigenvalue weighted by atomic mass is 79.9. The van der Waals surface area contributed by atoms with E-state index in [-0.39, 0.29) is 29.8 Å². The number of benzene rings is 1. The van der Waals surface area contributed by atoms with Gasteiger partial charge in [0.15, 0.2) is 5.82 Å². The fraction of sp³-hybridized carbons (Fsp3) is 0.455. The molecule has 31 heavy (non-hydrogen) atoms. The zero-order chi connectivity index (χ0) is 22.0. The first-order valence-corrected chi connectivity index (χ1v) is 11.2. The van der Waals surface area contributed by atoms with Crippen LogP contribution in [0.3, 0.4) is 0 Å². The number of rotatable bonds is 7. The second-order valence-corrected chi connectivity index (χ2v) is 9.23. The average Bonchev–Trinajstić information content (AvgIpc) is 3.51. The molecule has 1 aromatic heterocycles. The van der Waals surface area contributed by atoms with Crippen molar-refractivity contribution < 1.29 is 9.59 Å². The number of nitrogens with two attached hydrogens (primary N) is 1. The SMILES string of the molecule is [C-]#[N+]CC1(n2cc(C(N)=O)c(NC(=O)C3CC3)n2)CCN(Cc2ccccc2Br)CC1. The van der Waals surface area contributed by atoms with Crippen LogP contribution in [-0.4, -0.2) is 46.1 Å². The maximum Gasteiger partial charge on any atom is 0.254 e. The van der Waals surface area contributed by atoms with Crippen molar-refractivity contribution in [3.8, 4) is 0 Å². The van der Waals surface area contributed by atoms with E-state index in [0.29, 0.717) is 0 Å². The molecule has 9 heteroatoms. The van der Waals surface area contributed by atoms with Gasteiger partial charge < -0.3 is 15.9 Å². The van der Waals surface area contributed by atoms with E-state index in [2.05, 4.69) is 42.2 Å². The Morgan fingerprint density at radius 3 is 2.61 bits per heavy atom. The first-order valence-electron chi connectivity index (χ1n) is 10.4. The lowest BCUT2D eigenvalue weighted by molar-refractivity contribution is -0.117. The van der Waals surface area contributed by atoms with Crippen molar-refractivity contribution in [2.75, 3.05) is 25.0 Å². The summed E-state index contributed by atoms with van der Waals surface area (Å²) in [5, 5.41) is 7.29. The van der Waals surface area contributed by atoms with Gasteiger partial charge in [-0.25, -0.2) is 6.57 Å². The number of carbonyl (C=O) groups excluding carboxylic acids is 2. The predicted octanol–water partition coefficient (Wildman–Crippen LogP) is 3.00. The number of nitrogens with zero attached hydrogens (tertiary/aromatic N) is 4. The normalized spacial score (nSPS) is 18.3. The number of aromatic nitrogens is 2. The summed E-state index contributed by atoms with van der Waals surface area (Å²) >= 11 is 3.61. The third kappa shape index (κ3) is 4.65. The third-order valence-corrected chi connectivity index (χ3v) is 6.94. The Labute approximate surface area is 189 Å². The molecule has 1 aromatic carbocycles. The zero-order valence-corrected chi connectivity index (χ0v) is 18.8. The molecule has 0 unspecified atom stereocenters. The van der Waals surface area contributed by atoms with Crippen LogP contribution in [-0.2, 0) is 16.9 Å². The quantitative estimate of drug-likeness (QED) is 0.590. The molecule has 3 N–H and O–H groups in total. The van der Waals surface area contributed by atoms with E-state index < -0.39 is 11.4 Å². The van der Waals surface area contributed by atoms with Crippen LogP contribution in [0.5, 0.6) is 0 Å². The van der Waals surface area contributed by atoms with Gasteiger partial charge in [-0.15, -0.1) is 0 Å². The summed E-state index contributed by atoms with van der Waals surface area (Å²) < 4.78 is 2.78. The molecule has 2 fully saturated rings. The van der Waals surface area contributed by atoms with Crippen LogP contribution in [0, 0.1) is 12.5 Å². The first-order chi connectivity index (χ1) is 14.9. The van der Waals surface area contributed by atoms with Gasteiger partial charge in [0.2, 0.25) is 12.5 Å². The van der Waals surface area contributed by atoms with E-state index in [1.807, 2.05) is 18.2 Å². The molecule has 1 saturated carbocycles. The Bertz CT molecular complexity index is 1030. The highest BCUT2D eigenvalue weighted by Gasteiger charge is 2.41. The average molecular weight is 485 g/mol. The van der Waals surface area contributed by atoms with E-state index in [4.69, 9.17) is 12.3 Å². The number of carbonyl (C=O) groups is 2.